The standard InChI is InChI=1S/C27H32F2N2O6/c1-6-35-21(36-7-2)17-31-20-16-12-11-15-19(20)26(23(31)33,30-24(34)37-25(3,4)5)27(28,29)22(32)18-13-9-8-10-14-18/h8-16,21H,6-7,17H2,1-5H3,(H,30,34). The van der Waals surface area contributed by atoms with Gasteiger partial charge in [0.05, 0.1) is 12.2 Å². The number of fused-ring (bicyclic) bond motifs is 1. The minimum Gasteiger partial charge on any atom is -0.444 e. The molecule has 200 valence electrons. The molecule has 0 fully saturated rings. The second-order valence-electron chi connectivity index (χ2n) is 9.42. The molecule has 0 bridgehead atoms. The summed E-state index contributed by atoms with van der Waals surface area (Å²) in [5.74, 6) is -7.24. The van der Waals surface area contributed by atoms with Gasteiger partial charge in [0.2, 0.25) is 11.3 Å². The zero-order valence-corrected chi connectivity index (χ0v) is 21.5. The SMILES string of the molecule is CCOC(CN1C(=O)C(NC(=O)OC(C)(C)C)(C(F)(F)C(=O)c2ccccc2)c2ccccc21)OCC. The van der Waals surface area contributed by atoms with Crippen molar-refractivity contribution in [2.45, 2.75) is 58.0 Å². The molecule has 1 unspecified atom stereocenters. The number of alkyl carbamates (subject to hydrolysis) is 1. The Labute approximate surface area is 214 Å². The van der Waals surface area contributed by atoms with Gasteiger partial charge < -0.3 is 19.1 Å². The van der Waals surface area contributed by atoms with Gasteiger partial charge in [0.15, 0.2) is 6.29 Å². The number of nitrogens with zero attached hydrogens (tertiary/aromatic N) is 1. The van der Waals surface area contributed by atoms with E-state index in [1.165, 1.54) is 42.5 Å². The number of Topliss-reactive ketones (excluding diaryl/α,β-unsaturated/α-hetero) is 1. The summed E-state index contributed by atoms with van der Waals surface area (Å²) in [4.78, 5) is 41.2. The number of hydrogen-bond acceptors (Lipinski definition) is 6. The van der Waals surface area contributed by atoms with Crippen LogP contribution < -0.4 is 10.2 Å². The topological polar surface area (TPSA) is 94.2 Å². The molecule has 1 aliphatic rings. The third-order valence-electron chi connectivity index (χ3n) is 5.68. The van der Waals surface area contributed by atoms with Gasteiger partial charge in [0.1, 0.15) is 5.60 Å². The van der Waals surface area contributed by atoms with Gasteiger partial charge >= 0.3 is 12.0 Å². The van der Waals surface area contributed by atoms with E-state index >= 15 is 8.78 Å². The molecule has 2 aromatic rings. The Kier molecular flexibility index (Phi) is 8.34. The number of nitrogens with one attached hydrogen (secondary N) is 1. The molecule has 2 amide bonds. The van der Waals surface area contributed by atoms with Gasteiger partial charge in [-0.2, -0.15) is 8.78 Å². The zero-order chi connectivity index (χ0) is 27.4. The largest absolute Gasteiger partial charge is 0.444 e. The number of para-hydroxylation sites is 1. The second-order valence-corrected chi connectivity index (χ2v) is 9.42. The lowest BCUT2D eigenvalue weighted by Crippen LogP contribution is -2.66. The molecule has 8 nitrogen and oxygen atoms in total. The van der Waals surface area contributed by atoms with Crippen LogP contribution in [0.2, 0.25) is 0 Å². The van der Waals surface area contributed by atoms with Crippen molar-refractivity contribution in [2.24, 2.45) is 0 Å². The third kappa shape index (κ3) is 5.50. The molecule has 0 radical (unpaired) electrons. The number of benzene rings is 2. The van der Waals surface area contributed by atoms with Gasteiger partial charge in [-0.15, -0.1) is 0 Å². The van der Waals surface area contributed by atoms with Crippen LogP contribution in [-0.4, -0.2) is 55.4 Å². The molecule has 0 aliphatic carbocycles. The molecule has 3 rings (SSSR count). The minimum absolute atomic E-state index is 0.0912. The molecular formula is C27H32F2N2O6. The first kappa shape index (κ1) is 28.2. The van der Waals surface area contributed by atoms with E-state index in [9.17, 15) is 14.4 Å². The summed E-state index contributed by atoms with van der Waals surface area (Å²) in [5.41, 5.74) is -4.61. The molecule has 2 aromatic carbocycles. The molecular weight excluding hydrogens is 486 g/mol. The molecule has 1 N–H and O–H groups in total. The molecule has 0 aromatic heterocycles. The fraction of sp³-hybridized carbons (Fsp3) is 0.444. The highest BCUT2D eigenvalue weighted by molar-refractivity contribution is 6.16. The van der Waals surface area contributed by atoms with Crippen molar-refractivity contribution in [1.82, 2.24) is 5.32 Å². The molecule has 37 heavy (non-hydrogen) atoms. The molecule has 1 aliphatic heterocycles. The van der Waals surface area contributed by atoms with Crippen molar-refractivity contribution < 1.29 is 37.4 Å². The van der Waals surface area contributed by atoms with E-state index in [4.69, 9.17) is 14.2 Å². The lowest BCUT2D eigenvalue weighted by Gasteiger charge is -2.36. The number of hydrogen-bond donors (Lipinski definition) is 1. The van der Waals surface area contributed by atoms with Crippen LogP contribution in [0.25, 0.3) is 0 Å². The number of halogens is 2. The fourth-order valence-corrected chi connectivity index (χ4v) is 4.21. The van der Waals surface area contributed by atoms with Crippen LogP contribution in [0.5, 0.6) is 0 Å². The summed E-state index contributed by atoms with van der Waals surface area (Å²) in [6.07, 6.45) is -2.20. The first-order valence-electron chi connectivity index (χ1n) is 12.0. The highest BCUT2D eigenvalue weighted by atomic mass is 19.3. The van der Waals surface area contributed by atoms with Crippen LogP contribution in [0.4, 0.5) is 19.3 Å². The van der Waals surface area contributed by atoms with Crippen molar-refractivity contribution in [2.75, 3.05) is 24.7 Å². The molecule has 10 heteroatoms. The Bertz CT molecular complexity index is 1130. The van der Waals surface area contributed by atoms with Gasteiger partial charge in [-0.25, -0.2) is 4.79 Å². The van der Waals surface area contributed by atoms with Gasteiger partial charge in [-0.1, -0.05) is 48.5 Å². The van der Waals surface area contributed by atoms with Crippen molar-refractivity contribution >= 4 is 23.5 Å². The summed E-state index contributed by atoms with van der Waals surface area (Å²) in [7, 11) is 0. The van der Waals surface area contributed by atoms with Crippen LogP contribution in [-0.2, 0) is 24.5 Å². The summed E-state index contributed by atoms with van der Waals surface area (Å²) < 4.78 is 49.3. The summed E-state index contributed by atoms with van der Waals surface area (Å²) in [6, 6.07) is 12.6. The smallest absolute Gasteiger partial charge is 0.408 e. The van der Waals surface area contributed by atoms with Crippen molar-refractivity contribution in [3.05, 3.63) is 65.7 Å². The average Bonchev–Trinajstić information content (AvgIpc) is 3.07. The van der Waals surface area contributed by atoms with Crippen LogP contribution in [0.1, 0.15) is 50.5 Å². The summed E-state index contributed by atoms with van der Waals surface area (Å²) in [5, 5.41) is 2.11. The number of carbonyl (C=O) groups is 3. The summed E-state index contributed by atoms with van der Waals surface area (Å²) in [6.45, 7) is 8.37. The lowest BCUT2D eigenvalue weighted by atomic mass is 9.81. The van der Waals surface area contributed by atoms with Gasteiger partial charge in [0, 0.05) is 24.3 Å². The predicted molar refractivity (Wildman–Crippen MR) is 133 cm³/mol. The highest BCUT2D eigenvalue weighted by Crippen LogP contribution is 2.50. The van der Waals surface area contributed by atoms with Gasteiger partial charge in [-0.3, -0.25) is 14.9 Å². The number of ketones is 1. The van der Waals surface area contributed by atoms with Gasteiger partial charge in [0.25, 0.3) is 5.91 Å². The van der Waals surface area contributed by atoms with Gasteiger partial charge in [-0.05, 0) is 40.7 Å². The molecule has 0 spiro atoms. The zero-order valence-electron chi connectivity index (χ0n) is 21.5. The van der Waals surface area contributed by atoms with E-state index in [0.29, 0.717) is 0 Å². The van der Waals surface area contributed by atoms with Crippen LogP contribution in [0.15, 0.2) is 54.6 Å². The number of amides is 2. The first-order chi connectivity index (χ1) is 17.4. The van der Waals surface area contributed by atoms with Crippen molar-refractivity contribution in [1.29, 1.82) is 0 Å². The van der Waals surface area contributed by atoms with Crippen molar-refractivity contribution in [3.8, 4) is 0 Å². The number of rotatable bonds is 10. The summed E-state index contributed by atoms with van der Waals surface area (Å²) >= 11 is 0. The highest BCUT2D eigenvalue weighted by Gasteiger charge is 2.70. The first-order valence-corrected chi connectivity index (χ1v) is 12.0. The quantitative estimate of drug-likeness (QED) is 0.363. The maximum absolute atomic E-state index is 16.5. The third-order valence-corrected chi connectivity index (χ3v) is 5.68. The monoisotopic (exact) mass is 518 g/mol. The van der Waals surface area contributed by atoms with Crippen LogP contribution in [0, 0.1) is 0 Å². The van der Waals surface area contributed by atoms with E-state index in [0.717, 1.165) is 4.90 Å². The fourth-order valence-electron chi connectivity index (χ4n) is 4.21. The Morgan fingerprint density at radius 1 is 0.973 bits per heavy atom. The molecule has 0 saturated carbocycles. The van der Waals surface area contributed by atoms with E-state index in [2.05, 4.69) is 5.32 Å². The number of anilines is 1. The predicted octanol–water partition coefficient (Wildman–Crippen LogP) is 4.67. The van der Waals surface area contributed by atoms with Crippen LogP contribution >= 0.6 is 0 Å². The van der Waals surface area contributed by atoms with E-state index in [1.807, 2.05) is 0 Å². The minimum atomic E-state index is -4.40. The molecule has 1 heterocycles. The molecule has 1 atom stereocenters. The molecule has 0 saturated heterocycles. The van der Waals surface area contributed by atoms with Crippen molar-refractivity contribution in [3.63, 3.8) is 0 Å². The number of ether oxygens (including phenoxy) is 3. The van der Waals surface area contributed by atoms with Crippen LogP contribution in [0.3, 0.4) is 0 Å². The number of carbonyl (C=O) groups excluding carboxylic acids is 3. The van der Waals surface area contributed by atoms with E-state index in [-0.39, 0.29) is 36.6 Å². The van der Waals surface area contributed by atoms with E-state index < -0.39 is 41.1 Å². The lowest BCUT2D eigenvalue weighted by molar-refractivity contribution is -0.145. The van der Waals surface area contributed by atoms with E-state index in [1.54, 1.807) is 46.8 Å². The normalized spacial score (nSPS) is 17.6. The maximum atomic E-state index is 16.5. The average molecular weight is 519 g/mol. The maximum Gasteiger partial charge on any atom is 0.408 e. The Hall–Kier alpha value is -3.37. The second kappa shape index (κ2) is 10.9. The number of alkyl halides is 2. The Morgan fingerprint density at radius 2 is 1.54 bits per heavy atom. The Balaban J connectivity index is 2.20. The Morgan fingerprint density at radius 3 is 2.11 bits per heavy atom.